The Balaban J connectivity index is 3.04. The summed E-state index contributed by atoms with van der Waals surface area (Å²) in [7, 11) is 4.09. The highest BCUT2D eigenvalue weighted by molar-refractivity contribution is 7.10. The van der Waals surface area contributed by atoms with Crippen molar-refractivity contribution in [1.29, 1.82) is 5.26 Å². The van der Waals surface area contributed by atoms with E-state index in [1.807, 2.05) is 14.1 Å². The summed E-state index contributed by atoms with van der Waals surface area (Å²) in [6.07, 6.45) is 0.899. The molecule has 82 valence electrons. The van der Waals surface area contributed by atoms with Gasteiger partial charge in [0, 0.05) is 4.88 Å². The van der Waals surface area contributed by atoms with Gasteiger partial charge in [0.25, 0.3) is 0 Å². The molecule has 2 nitrogen and oxygen atoms in total. The Kier molecular flexibility index (Phi) is 4.31. The molecule has 3 heteroatoms. The van der Waals surface area contributed by atoms with Gasteiger partial charge in [0.2, 0.25) is 0 Å². The molecule has 0 aliphatic heterocycles. The van der Waals surface area contributed by atoms with E-state index < -0.39 is 0 Å². The maximum atomic E-state index is 9.16. The van der Waals surface area contributed by atoms with Crippen LogP contribution in [0.25, 0.3) is 0 Å². The number of nitriles is 1. The third kappa shape index (κ3) is 2.58. The number of rotatable bonds is 4. The predicted molar refractivity (Wildman–Crippen MR) is 64.9 cm³/mol. The normalized spacial score (nSPS) is 14.9. The van der Waals surface area contributed by atoms with Crippen molar-refractivity contribution in [3.63, 3.8) is 0 Å². The Morgan fingerprint density at radius 3 is 2.53 bits per heavy atom. The van der Waals surface area contributed by atoms with Gasteiger partial charge in [0.05, 0.1) is 18.0 Å². The smallest absolute Gasteiger partial charge is 0.0676 e. The van der Waals surface area contributed by atoms with Crippen LogP contribution in [0.15, 0.2) is 11.4 Å². The molecule has 2 unspecified atom stereocenters. The van der Waals surface area contributed by atoms with Gasteiger partial charge >= 0.3 is 0 Å². The molecule has 0 aliphatic rings. The number of thiophene rings is 1. The minimum Gasteiger partial charge on any atom is -0.300 e. The Hall–Kier alpha value is -0.850. The lowest BCUT2D eigenvalue weighted by molar-refractivity contribution is 0.244. The first-order valence-electron chi connectivity index (χ1n) is 5.21. The standard InChI is InChI=1S/C12H18N2S/c1-5-10(8-13)11(14(3)4)12-9(2)6-7-15-12/h6-7,10-11H,5H2,1-4H3. The molecule has 1 aromatic heterocycles. The van der Waals surface area contributed by atoms with Crippen LogP contribution in [0.5, 0.6) is 0 Å². The third-order valence-corrected chi connectivity index (χ3v) is 3.80. The molecule has 0 spiro atoms. The van der Waals surface area contributed by atoms with Gasteiger partial charge in [-0.2, -0.15) is 5.26 Å². The summed E-state index contributed by atoms with van der Waals surface area (Å²) >= 11 is 1.75. The van der Waals surface area contributed by atoms with E-state index in [1.165, 1.54) is 10.4 Å². The van der Waals surface area contributed by atoms with Gasteiger partial charge in [-0.25, -0.2) is 0 Å². The van der Waals surface area contributed by atoms with E-state index >= 15 is 0 Å². The van der Waals surface area contributed by atoms with Crippen LogP contribution in [0.1, 0.15) is 29.8 Å². The topological polar surface area (TPSA) is 27.0 Å². The van der Waals surface area contributed by atoms with E-state index in [0.717, 1.165) is 6.42 Å². The Bertz CT molecular complexity index is 349. The van der Waals surface area contributed by atoms with Crippen molar-refractivity contribution < 1.29 is 0 Å². The van der Waals surface area contributed by atoms with Gasteiger partial charge in [0.15, 0.2) is 0 Å². The number of aryl methyl sites for hydroxylation is 1. The third-order valence-electron chi connectivity index (χ3n) is 2.71. The van der Waals surface area contributed by atoms with E-state index in [2.05, 4.69) is 36.3 Å². The highest BCUT2D eigenvalue weighted by Gasteiger charge is 2.25. The van der Waals surface area contributed by atoms with Gasteiger partial charge < -0.3 is 4.90 Å². The molecule has 0 saturated carbocycles. The van der Waals surface area contributed by atoms with Gasteiger partial charge in [-0.15, -0.1) is 11.3 Å². The summed E-state index contributed by atoms with van der Waals surface area (Å²) in [5.41, 5.74) is 1.30. The van der Waals surface area contributed by atoms with Crippen LogP contribution in [-0.2, 0) is 0 Å². The fourth-order valence-corrected chi connectivity index (χ4v) is 3.04. The maximum absolute atomic E-state index is 9.16. The monoisotopic (exact) mass is 222 g/mol. The van der Waals surface area contributed by atoms with Crippen molar-refractivity contribution in [3.05, 3.63) is 21.9 Å². The molecule has 0 aliphatic carbocycles. The molecular weight excluding hydrogens is 204 g/mol. The first kappa shape index (κ1) is 12.2. The quantitative estimate of drug-likeness (QED) is 0.782. The number of nitrogens with zero attached hydrogens (tertiary/aromatic N) is 2. The zero-order chi connectivity index (χ0) is 11.4. The van der Waals surface area contributed by atoms with Crippen molar-refractivity contribution in [2.75, 3.05) is 14.1 Å². The van der Waals surface area contributed by atoms with Crippen LogP contribution < -0.4 is 0 Å². The largest absolute Gasteiger partial charge is 0.300 e. The second kappa shape index (κ2) is 5.29. The Morgan fingerprint density at radius 2 is 2.20 bits per heavy atom. The number of hydrogen-bond acceptors (Lipinski definition) is 3. The molecule has 0 N–H and O–H groups in total. The SMILES string of the molecule is CCC(C#N)C(c1sccc1C)N(C)C. The number of hydrogen-bond donors (Lipinski definition) is 0. The van der Waals surface area contributed by atoms with Crippen LogP contribution in [0.3, 0.4) is 0 Å². The van der Waals surface area contributed by atoms with Gasteiger partial charge in [-0.3, -0.25) is 0 Å². The zero-order valence-electron chi connectivity index (χ0n) is 9.82. The van der Waals surface area contributed by atoms with Gasteiger partial charge in [-0.05, 0) is 44.4 Å². The summed E-state index contributed by atoms with van der Waals surface area (Å²) in [4.78, 5) is 3.48. The molecule has 0 aromatic carbocycles. The molecule has 2 atom stereocenters. The fraction of sp³-hybridized carbons (Fsp3) is 0.583. The van der Waals surface area contributed by atoms with Crippen molar-refractivity contribution >= 4 is 11.3 Å². The average molecular weight is 222 g/mol. The van der Waals surface area contributed by atoms with Crippen molar-refractivity contribution in [2.24, 2.45) is 5.92 Å². The zero-order valence-corrected chi connectivity index (χ0v) is 10.6. The van der Waals surface area contributed by atoms with E-state index in [-0.39, 0.29) is 12.0 Å². The lowest BCUT2D eigenvalue weighted by Gasteiger charge is -2.27. The van der Waals surface area contributed by atoms with Crippen LogP contribution in [0.4, 0.5) is 0 Å². The summed E-state index contributed by atoms with van der Waals surface area (Å²) in [5, 5.41) is 11.3. The Labute approximate surface area is 96.1 Å². The summed E-state index contributed by atoms with van der Waals surface area (Å²) < 4.78 is 0. The summed E-state index contributed by atoms with van der Waals surface area (Å²) in [6.45, 7) is 4.19. The van der Waals surface area contributed by atoms with E-state index in [1.54, 1.807) is 11.3 Å². The average Bonchev–Trinajstić information content (AvgIpc) is 2.60. The molecule has 0 radical (unpaired) electrons. The first-order chi connectivity index (χ1) is 7.11. The van der Waals surface area contributed by atoms with Gasteiger partial charge in [-0.1, -0.05) is 6.92 Å². The fourth-order valence-electron chi connectivity index (χ4n) is 1.85. The van der Waals surface area contributed by atoms with Crippen LogP contribution in [-0.4, -0.2) is 19.0 Å². The van der Waals surface area contributed by atoms with Crippen molar-refractivity contribution in [3.8, 4) is 6.07 Å². The lowest BCUT2D eigenvalue weighted by atomic mass is 9.94. The van der Waals surface area contributed by atoms with E-state index in [4.69, 9.17) is 5.26 Å². The molecule has 0 bridgehead atoms. The van der Waals surface area contributed by atoms with E-state index in [9.17, 15) is 0 Å². The summed E-state index contributed by atoms with van der Waals surface area (Å²) in [5.74, 6) is 0.0809. The second-order valence-electron chi connectivity index (χ2n) is 4.02. The predicted octanol–water partition coefficient (Wildman–Crippen LogP) is 3.21. The molecule has 15 heavy (non-hydrogen) atoms. The van der Waals surface area contributed by atoms with Crippen molar-refractivity contribution in [2.45, 2.75) is 26.3 Å². The molecular formula is C12H18N2S. The van der Waals surface area contributed by atoms with Crippen LogP contribution in [0, 0.1) is 24.2 Å². The van der Waals surface area contributed by atoms with Crippen molar-refractivity contribution in [1.82, 2.24) is 4.90 Å². The highest BCUT2D eigenvalue weighted by Crippen LogP contribution is 2.34. The molecule has 1 heterocycles. The highest BCUT2D eigenvalue weighted by atomic mass is 32.1. The molecule has 0 amide bonds. The summed E-state index contributed by atoms with van der Waals surface area (Å²) in [6, 6.07) is 4.78. The molecule has 0 fully saturated rings. The second-order valence-corrected chi connectivity index (χ2v) is 4.97. The minimum atomic E-state index is 0.0809. The van der Waals surface area contributed by atoms with Crippen LogP contribution >= 0.6 is 11.3 Å². The first-order valence-corrected chi connectivity index (χ1v) is 6.09. The molecule has 1 rings (SSSR count). The lowest BCUT2D eigenvalue weighted by Crippen LogP contribution is -2.26. The van der Waals surface area contributed by atoms with Crippen LogP contribution in [0.2, 0.25) is 0 Å². The molecule has 1 aromatic rings. The van der Waals surface area contributed by atoms with E-state index in [0.29, 0.717) is 0 Å². The maximum Gasteiger partial charge on any atom is 0.0676 e. The Morgan fingerprint density at radius 1 is 1.53 bits per heavy atom. The molecule has 0 saturated heterocycles. The van der Waals surface area contributed by atoms with Gasteiger partial charge in [0.1, 0.15) is 0 Å². The minimum absolute atomic E-state index is 0.0809.